The summed E-state index contributed by atoms with van der Waals surface area (Å²) in [5, 5.41) is 4.41. The van der Waals surface area contributed by atoms with E-state index >= 15 is 0 Å². The van der Waals surface area contributed by atoms with Crippen molar-refractivity contribution in [3.05, 3.63) is 51.0 Å². The van der Waals surface area contributed by atoms with E-state index in [0.29, 0.717) is 25.9 Å². The summed E-state index contributed by atoms with van der Waals surface area (Å²) < 4.78 is 0. The lowest BCUT2D eigenvalue weighted by Gasteiger charge is -2.08. The van der Waals surface area contributed by atoms with Crippen LogP contribution in [0.5, 0.6) is 0 Å². The van der Waals surface area contributed by atoms with Gasteiger partial charge in [-0.1, -0.05) is 52.6 Å². The van der Waals surface area contributed by atoms with E-state index < -0.39 is 0 Å². The first-order chi connectivity index (χ1) is 11.4. The van der Waals surface area contributed by atoms with Gasteiger partial charge in [0.25, 0.3) is 0 Å². The van der Waals surface area contributed by atoms with Crippen LogP contribution in [0.1, 0.15) is 5.56 Å². The summed E-state index contributed by atoms with van der Waals surface area (Å²) in [6.07, 6.45) is 0. The molecule has 1 heterocycles. The summed E-state index contributed by atoms with van der Waals surface area (Å²) in [5.41, 5.74) is 3.40. The average molecular weight is 401 g/mol. The molecule has 4 nitrogen and oxygen atoms in total. The molecule has 0 unspecified atom stereocenters. The zero-order chi connectivity index (χ0) is 17.3. The van der Waals surface area contributed by atoms with E-state index in [9.17, 15) is 4.79 Å². The Hall–Kier alpha value is -1.40. The molecule has 0 radical (unpaired) electrons. The Balaban J connectivity index is 1.65. The van der Waals surface area contributed by atoms with Crippen molar-refractivity contribution in [2.24, 2.45) is 0 Å². The van der Waals surface area contributed by atoms with E-state index in [-0.39, 0.29) is 11.7 Å². The Morgan fingerprint density at radius 2 is 1.92 bits per heavy atom. The van der Waals surface area contributed by atoms with Crippen molar-refractivity contribution < 1.29 is 4.79 Å². The van der Waals surface area contributed by atoms with E-state index in [1.165, 1.54) is 23.9 Å². The summed E-state index contributed by atoms with van der Waals surface area (Å²) >= 11 is 19.2. The molecular formula is C16H12Cl3N3OS. The number of aromatic nitrogens is 2. The summed E-state index contributed by atoms with van der Waals surface area (Å²) in [6.45, 7) is 2.02. The van der Waals surface area contributed by atoms with Gasteiger partial charge in [0.15, 0.2) is 5.16 Å². The van der Waals surface area contributed by atoms with Gasteiger partial charge in [0.2, 0.25) is 5.91 Å². The molecule has 0 spiro atoms. The molecule has 0 aliphatic carbocycles. The van der Waals surface area contributed by atoms with Gasteiger partial charge in [0.05, 0.1) is 37.5 Å². The number of carbonyl (C=O) groups excluding carboxylic acids is 1. The minimum atomic E-state index is -0.211. The molecule has 0 saturated heterocycles. The Morgan fingerprint density at radius 3 is 2.71 bits per heavy atom. The van der Waals surface area contributed by atoms with Crippen molar-refractivity contribution >= 4 is 69.2 Å². The first-order valence-electron chi connectivity index (χ1n) is 6.96. The number of fused-ring (bicyclic) bond motifs is 1. The van der Waals surface area contributed by atoms with Crippen molar-refractivity contribution in [3.63, 3.8) is 0 Å². The number of hydrogen-bond acceptors (Lipinski definition) is 3. The van der Waals surface area contributed by atoms with Crippen molar-refractivity contribution in [1.82, 2.24) is 9.97 Å². The van der Waals surface area contributed by atoms with Crippen LogP contribution in [0, 0.1) is 6.92 Å². The molecule has 0 aliphatic heterocycles. The number of hydrogen-bond donors (Lipinski definition) is 2. The van der Waals surface area contributed by atoms with E-state index in [1.54, 1.807) is 0 Å². The summed E-state index contributed by atoms with van der Waals surface area (Å²) in [5.74, 6) is -0.0213. The second kappa shape index (κ2) is 7.23. The van der Waals surface area contributed by atoms with Gasteiger partial charge >= 0.3 is 0 Å². The number of benzene rings is 2. The number of rotatable bonds is 4. The normalized spacial score (nSPS) is 11.0. The van der Waals surface area contributed by atoms with E-state index in [1.807, 2.05) is 25.1 Å². The van der Waals surface area contributed by atoms with Crippen LogP contribution >= 0.6 is 46.6 Å². The number of nitrogens with one attached hydrogen (secondary N) is 2. The van der Waals surface area contributed by atoms with Crippen LogP contribution < -0.4 is 5.32 Å². The zero-order valence-corrected chi connectivity index (χ0v) is 15.6. The Morgan fingerprint density at radius 1 is 1.17 bits per heavy atom. The van der Waals surface area contributed by atoms with Gasteiger partial charge in [0, 0.05) is 0 Å². The number of nitrogens with zero attached hydrogens (tertiary/aromatic N) is 1. The third-order valence-electron chi connectivity index (χ3n) is 3.24. The highest BCUT2D eigenvalue weighted by molar-refractivity contribution is 7.99. The number of halogens is 3. The average Bonchev–Trinajstić information content (AvgIpc) is 2.92. The highest BCUT2D eigenvalue weighted by Gasteiger charge is 2.11. The van der Waals surface area contributed by atoms with E-state index in [0.717, 1.165) is 16.6 Å². The van der Waals surface area contributed by atoms with Crippen LogP contribution in [0.15, 0.2) is 35.5 Å². The number of aromatic amines is 1. The van der Waals surface area contributed by atoms with Crippen LogP contribution in [0.3, 0.4) is 0 Å². The zero-order valence-electron chi connectivity index (χ0n) is 12.5. The first kappa shape index (κ1) is 17.4. The van der Waals surface area contributed by atoms with Crippen LogP contribution in [-0.4, -0.2) is 21.6 Å². The molecule has 0 atom stereocenters. The standard InChI is InChI=1S/C16H12Cl3N3OS/c1-8-2-3-12-14(4-8)22-16(21-12)24-7-15(23)20-13-6-10(18)9(17)5-11(13)19/h2-6H,7H2,1H3,(H,20,23)(H,21,22). The highest BCUT2D eigenvalue weighted by atomic mass is 35.5. The van der Waals surface area contributed by atoms with Gasteiger partial charge in [-0.2, -0.15) is 0 Å². The smallest absolute Gasteiger partial charge is 0.234 e. The molecule has 2 N–H and O–H groups in total. The minimum Gasteiger partial charge on any atom is -0.333 e. The van der Waals surface area contributed by atoms with Crippen molar-refractivity contribution in [3.8, 4) is 0 Å². The third kappa shape index (κ3) is 3.98. The van der Waals surface area contributed by atoms with E-state index in [4.69, 9.17) is 34.8 Å². The third-order valence-corrected chi connectivity index (χ3v) is 5.15. The molecule has 0 aliphatic rings. The van der Waals surface area contributed by atoms with Gasteiger partial charge in [-0.3, -0.25) is 4.79 Å². The maximum atomic E-state index is 12.1. The van der Waals surface area contributed by atoms with Crippen LogP contribution in [0.25, 0.3) is 11.0 Å². The molecule has 2 aromatic carbocycles. The summed E-state index contributed by atoms with van der Waals surface area (Å²) in [6, 6.07) is 8.98. The highest BCUT2D eigenvalue weighted by Crippen LogP contribution is 2.32. The number of H-pyrrole nitrogens is 1. The van der Waals surface area contributed by atoms with Gasteiger partial charge in [0.1, 0.15) is 0 Å². The van der Waals surface area contributed by atoms with Gasteiger partial charge in [-0.05, 0) is 36.8 Å². The molecule has 0 saturated carbocycles. The maximum Gasteiger partial charge on any atom is 0.234 e. The Kier molecular flexibility index (Phi) is 5.25. The van der Waals surface area contributed by atoms with Gasteiger partial charge in [-0.15, -0.1) is 0 Å². The molecule has 24 heavy (non-hydrogen) atoms. The number of carbonyl (C=O) groups is 1. The fraction of sp³-hybridized carbons (Fsp3) is 0.125. The molecule has 3 rings (SSSR count). The largest absolute Gasteiger partial charge is 0.333 e. The predicted octanol–water partition coefficient (Wildman–Crippen LogP) is 5.56. The van der Waals surface area contributed by atoms with Crippen LogP contribution in [0.4, 0.5) is 5.69 Å². The number of amides is 1. The topological polar surface area (TPSA) is 57.8 Å². The molecule has 124 valence electrons. The van der Waals surface area contributed by atoms with Crippen molar-refractivity contribution in [2.75, 3.05) is 11.1 Å². The lowest BCUT2D eigenvalue weighted by molar-refractivity contribution is -0.113. The second-order valence-electron chi connectivity index (χ2n) is 5.15. The van der Waals surface area contributed by atoms with Gasteiger partial charge < -0.3 is 10.3 Å². The van der Waals surface area contributed by atoms with Gasteiger partial charge in [-0.25, -0.2) is 4.98 Å². The number of anilines is 1. The predicted molar refractivity (Wildman–Crippen MR) is 102 cm³/mol. The summed E-state index contributed by atoms with van der Waals surface area (Å²) in [7, 11) is 0. The molecule has 1 aromatic heterocycles. The lowest BCUT2D eigenvalue weighted by Crippen LogP contribution is -2.14. The van der Waals surface area contributed by atoms with Crippen LogP contribution in [0.2, 0.25) is 15.1 Å². The van der Waals surface area contributed by atoms with E-state index in [2.05, 4.69) is 15.3 Å². The molecule has 3 aromatic rings. The maximum absolute atomic E-state index is 12.1. The molecular weight excluding hydrogens is 389 g/mol. The molecule has 0 fully saturated rings. The Labute approximate surface area is 157 Å². The number of aryl methyl sites for hydroxylation is 1. The fourth-order valence-electron chi connectivity index (χ4n) is 2.11. The first-order valence-corrected chi connectivity index (χ1v) is 9.08. The molecule has 8 heteroatoms. The minimum absolute atomic E-state index is 0.190. The fourth-order valence-corrected chi connectivity index (χ4v) is 3.39. The second-order valence-corrected chi connectivity index (χ2v) is 7.33. The number of imidazole rings is 1. The lowest BCUT2D eigenvalue weighted by atomic mass is 10.2. The number of thioether (sulfide) groups is 1. The van der Waals surface area contributed by atoms with Crippen LogP contribution in [-0.2, 0) is 4.79 Å². The quantitative estimate of drug-likeness (QED) is 0.445. The van der Waals surface area contributed by atoms with Crippen molar-refractivity contribution in [1.29, 1.82) is 0 Å². The molecule has 1 amide bonds. The molecule has 0 bridgehead atoms. The summed E-state index contributed by atoms with van der Waals surface area (Å²) in [4.78, 5) is 19.7. The monoisotopic (exact) mass is 399 g/mol. The SMILES string of the molecule is Cc1ccc2nc(SCC(=O)Nc3cc(Cl)c(Cl)cc3Cl)[nH]c2c1. The Bertz CT molecular complexity index is 926. The van der Waals surface area contributed by atoms with Crippen molar-refractivity contribution in [2.45, 2.75) is 12.1 Å².